The predicted molar refractivity (Wildman–Crippen MR) is 297 cm³/mol. The Balaban J connectivity index is 4.27. The van der Waals surface area contributed by atoms with Gasteiger partial charge in [0.1, 0.15) is 13.2 Å². The third-order valence-electron chi connectivity index (χ3n) is 12.1. The van der Waals surface area contributed by atoms with Gasteiger partial charge < -0.3 is 14.2 Å². The van der Waals surface area contributed by atoms with Crippen LogP contribution in [-0.2, 0) is 28.6 Å². The maximum absolute atomic E-state index is 12.8. The van der Waals surface area contributed by atoms with Gasteiger partial charge in [0.2, 0.25) is 0 Å². The van der Waals surface area contributed by atoms with E-state index < -0.39 is 12.1 Å². The molecule has 0 aliphatic heterocycles. The lowest BCUT2D eigenvalue weighted by atomic mass is 10.0. The van der Waals surface area contributed by atoms with E-state index in [0.717, 1.165) is 89.9 Å². The van der Waals surface area contributed by atoms with E-state index in [1.54, 1.807) is 0 Å². The second kappa shape index (κ2) is 56.9. The van der Waals surface area contributed by atoms with Crippen LogP contribution in [0.25, 0.3) is 0 Å². The molecular weight excluding hydrogens is 853 g/mol. The van der Waals surface area contributed by atoms with Crippen LogP contribution in [0, 0.1) is 0 Å². The van der Waals surface area contributed by atoms with Crippen LogP contribution in [0.2, 0.25) is 0 Å². The summed E-state index contributed by atoms with van der Waals surface area (Å²) in [6, 6.07) is 0. The molecule has 6 nitrogen and oxygen atoms in total. The Hall–Kier alpha value is -3.67. The van der Waals surface area contributed by atoms with Crippen LogP contribution in [0.5, 0.6) is 0 Å². The summed E-state index contributed by atoms with van der Waals surface area (Å²) in [6.07, 6.45) is 75.7. The Bertz CT molecular complexity index is 1380. The molecule has 0 aromatic heterocycles. The SMILES string of the molecule is CC/C=C\C/C=C\C/C=C\C/C=C\CCC(=O)OC(COC(=O)CCCCCCC/C=C\CCCC)COC(=O)CCCCCCCCCCCCCC/C=C\C/C=C\C/C=C\CCCCCCC. The molecule has 0 saturated heterocycles. The number of hydrogen-bond donors (Lipinski definition) is 0. The van der Waals surface area contributed by atoms with Crippen molar-refractivity contribution in [2.45, 2.75) is 271 Å². The highest BCUT2D eigenvalue weighted by Gasteiger charge is 2.19. The Morgan fingerprint density at radius 3 is 1.00 bits per heavy atom. The van der Waals surface area contributed by atoms with E-state index in [1.165, 1.54) is 128 Å². The van der Waals surface area contributed by atoms with Gasteiger partial charge >= 0.3 is 17.9 Å². The highest BCUT2D eigenvalue weighted by atomic mass is 16.6. The van der Waals surface area contributed by atoms with Crippen LogP contribution in [0.3, 0.4) is 0 Å². The maximum Gasteiger partial charge on any atom is 0.306 e. The molecule has 0 saturated carbocycles. The summed E-state index contributed by atoms with van der Waals surface area (Å²) in [7, 11) is 0. The second-order valence-electron chi connectivity index (χ2n) is 18.8. The van der Waals surface area contributed by atoms with Crippen LogP contribution < -0.4 is 0 Å². The third-order valence-corrected chi connectivity index (χ3v) is 12.1. The van der Waals surface area contributed by atoms with Crippen molar-refractivity contribution in [1.82, 2.24) is 0 Å². The maximum atomic E-state index is 12.8. The molecule has 1 unspecified atom stereocenters. The minimum Gasteiger partial charge on any atom is -0.462 e. The number of esters is 3. The number of rotatable bonds is 51. The van der Waals surface area contributed by atoms with E-state index in [1.807, 2.05) is 12.2 Å². The Morgan fingerprint density at radius 1 is 0.304 bits per heavy atom. The van der Waals surface area contributed by atoms with Gasteiger partial charge in [-0.3, -0.25) is 14.4 Å². The molecule has 394 valence electrons. The molecule has 6 heteroatoms. The van der Waals surface area contributed by atoms with Gasteiger partial charge in [-0.1, -0.05) is 240 Å². The molecule has 0 bridgehead atoms. The molecule has 0 aliphatic carbocycles. The zero-order valence-electron chi connectivity index (χ0n) is 45.0. The van der Waals surface area contributed by atoms with Gasteiger partial charge in [-0.05, 0) is 103 Å². The first-order valence-electron chi connectivity index (χ1n) is 28.7. The van der Waals surface area contributed by atoms with Crippen molar-refractivity contribution in [2.75, 3.05) is 13.2 Å². The molecule has 0 radical (unpaired) electrons. The fraction of sp³-hybridized carbons (Fsp3) is 0.698. The van der Waals surface area contributed by atoms with Crippen LogP contribution in [0.1, 0.15) is 265 Å². The molecule has 0 heterocycles. The van der Waals surface area contributed by atoms with Crippen molar-refractivity contribution in [2.24, 2.45) is 0 Å². The molecule has 0 fully saturated rings. The number of unbranched alkanes of at least 4 members (excludes halogenated alkanes) is 24. The predicted octanol–water partition coefficient (Wildman–Crippen LogP) is 19.3. The van der Waals surface area contributed by atoms with Gasteiger partial charge in [-0.2, -0.15) is 0 Å². The van der Waals surface area contributed by atoms with E-state index in [2.05, 4.69) is 106 Å². The lowest BCUT2D eigenvalue weighted by Gasteiger charge is -2.18. The number of carbonyl (C=O) groups excluding carboxylic acids is 3. The van der Waals surface area contributed by atoms with Gasteiger partial charge in [0.25, 0.3) is 0 Å². The van der Waals surface area contributed by atoms with Crippen LogP contribution >= 0.6 is 0 Å². The quantitative estimate of drug-likeness (QED) is 0.0262. The molecule has 0 N–H and O–H groups in total. The van der Waals surface area contributed by atoms with Gasteiger partial charge in [0.05, 0.1) is 0 Å². The number of ether oxygens (including phenoxy) is 3. The van der Waals surface area contributed by atoms with E-state index in [-0.39, 0.29) is 31.6 Å². The summed E-state index contributed by atoms with van der Waals surface area (Å²) < 4.78 is 16.7. The van der Waals surface area contributed by atoms with E-state index in [4.69, 9.17) is 14.2 Å². The van der Waals surface area contributed by atoms with Crippen molar-refractivity contribution >= 4 is 17.9 Å². The molecule has 0 aromatic carbocycles. The Morgan fingerprint density at radius 2 is 0.609 bits per heavy atom. The summed E-state index contributed by atoms with van der Waals surface area (Å²) in [5, 5.41) is 0. The highest BCUT2D eigenvalue weighted by molar-refractivity contribution is 5.71. The van der Waals surface area contributed by atoms with Gasteiger partial charge in [0, 0.05) is 19.3 Å². The minimum absolute atomic E-state index is 0.110. The average Bonchev–Trinajstić information content (AvgIpc) is 3.35. The first-order chi connectivity index (χ1) is 34.0. The summed E-state index contributed by atoms with van der Waals surface area (Å²) in [5.74, 6) is -1.00. The van der Waals surface area contributed by atoms with Crippen LogP contribution in [0.4, 0.5) is 0 Å². The molecule has 0 rings (SSSR count). The zero-order chi connectivity index (χ0) is 50.0. The average molecular weight is 960 g/mol. The van der Waals surface area contributed by atoms with Crippen molar-refractivity contribution < 1.29 is 28.6 Å². The van der Waals surface area contributed by atoms with E-state index >= 15 is 0 Å². The first kappa shape index (κ1) is 65.3. The fourth-order valence-electron chi connectivity index (χ4n) is 7.74. The summed E-state index contributed by atoms with van der Waals surface area (Å²) >= 11 is 0. The van der Waals surface area contributed by atoms with Crippen molar-refractivity contribution in [1.29, 1.82) is 0 Å². The highest BCUT2D eigenvalue weighted by Crippen LogP contribution is 2.15. The van der Waals surface area contributed by atoms with Crippen molar-refractivity contribution in [3.63, 3.8) is 0 Å². The normalized spacial score (nSPS) is 12.8. The standard InChI is InChI=1S/C63H106O6/c1-4-7-10-13-16-19-22-24-25-26-27-28-29-30-31-32-33-34-35-36-37-39-41-44-47-50-53-56-62(65)68-59-60(58-67-61(64)55-52-49-46-43-40-21-18-15-12-9-6-3)69-63(66)57-54-51-48-45-42-38-23-20-17-14-11-8-5-2/h8,11,15,17-18,20,22,24,26-27,29-30,38,42,48,51,60H,4-7,9-10,12-14,16,19,21,23,25,28,31-37,39-41,43-47,49-50,52-59H2,1-3H3/b11-8-,18-15-,20-17-,24-22-,27-26-,30-29-,42-38-,51-48-. The summed E-state index contributed by atoms with van der Waals surface area (Å²) in [6.45, 7) is 6.40. The van der Waals surface area contributed by atoms with Gasteiger partial charge in [-0.25, -0.2) is 0 Å². The zero-order valence-corrected chi connectivity index (χ0v) is 45.0. The number of hydrogen-bond acceptors (Lipinski definition) is 6. The van der Waals surface area contributed by atoms with Crippen molar-refractivity contribution in [3.05, 3.63) is 97.2 Å². The first-order valence-corrected chi connectivity index (χ1v) is 28.7. The molecule has 0 spiro atoms. The summed E-state index contributed by atoms with van der Waals surface area (Å²) in [4.78, 5) is 38.0. The molecule has 0 amide bonds. The molecule has 69 heavy (non-hydrogen) atoms. The topological polar surface area (TPSA) is 78.9 Å². The Kier molecular flexibility index (Phi) is 53.9. The van der Waals surface area contributed by atoms with E-state index in [9.17, 15) is 14.4 Å². The molecule has 1 atom stereocenters. The summed E-state index contributed by atoms with van der Waals surface area (Å²) in [5.41, 5.74) is 0. The van der Waals surface area contributed by atoms with Gasteiger partial charge in [-0.15, -0.1) is 0 Å². The van der Waals surface area contributed by atoms with E-state index in [0.29, 0.717) is 19.3 Å². The molecule has 0 aromatic rings. The largest absolute Gasteiger partial charge is 0.462 e. The number of carbonyl (C=O) groups is 3. The lowest BCUT2D eigenvalue weighted by molar-refractivity contribution is -0.166. The van der Waals surface area contributed by atoms with Crippen LogP contribution in [-0.4, -0.2) is 37.2 Å². The van der Waals surface area contributed by atoms with Gasteiger partial charge in [0.15, 0.2) is 6.10 Å². The molecular formula is C63H106O6. The Labute approximate surface area is 426 Å². The second-order valence-corrected chi connectivity index (χ2v) is 18.8. The minimum atomic E-state index is -0.819. The van der Waals surface area contributed by atoms with Crippen LogP contribution in [0.15, 0.2) is 97.2 Å². The molecule has 0 aliphatic rings. The monoisotopic (exact) mass is 959 g/mol. The third kappa shape index (κ3) is 55.1. The smallest absolute Gasteiger partial charge is 0.306 e. The lowest BCUT2D eigenvalue weighted by Crippen LogP contribution is -2.30. The fourth-order valence-corrected chi connectivity index (χ4v) is 7.74. The number of allylic oxidation sites excluding steroid dienone is 16. The van der Waals surface area contributed by atoms with Crippen molar-refractivity contribution in [3.8, 4) is 0 Å².